The molecule has 0 aromatic rings. The van der Waals surface area contributed by atoms with E-state index in [4.69, 9.17) is 4.74 Å². The van der Waals surface area contributed by atoms with E-state index in [0.717, 1.165) is 19.3 Å². The molecule has 0 bridgehead atoms. The molecule has 1 saturated heterocycles. The molecule has 0 aromatic carbocycles. The molecule has 1 aliphatic heterocycles. The molecule has 1 heterocycles. The predicted molar refractivity (Wildman–Crippen MR) is 67.1 cm³/mol. The minimum Gasteiger partial charge on any atom is -0.447 e. The van der Waals surface area contributed by atoms with Gasteiger partial charge in [-0.25, -0.2) is 4.79 Å². The lowest BCUT2D eigenvalue weighted by atomic mass is 9.97. The molecule has 100 valence electrons. The van der Waals surface area contributed by atoms with Gasteiger partial charge in [-0.1, -0.05) is 11.6 Å². The monoisotopic (exact) mass is 252 g/mol. The smallest absolute Gasteiger partial charge is 0.410 e. The van der Waals surface area contributed by atoms with Crippen molar-refractivity contribution in [2.45, 2.75) is 38.1 Å². The van der Waals surface area contributed by atoms with Gasteiger partial charge < -0.3 is 10.1 Å². The number of hydrogen-bond donors (Lipinski definition) is 1. The number of allylic oxidation sites excluding steroid dienone is 1. The van der Waals surface area contributed by atoms with Crippen molar-refractivity contribution in [3.05, 3.63) is 11.6 Å². The average molecular weight is 252 g/mol. The van der Waals surface area contributed by atoms with Crippen LogP contribution in [0.2, 0.25) is 0 Å². The largest absolute Gasteiger partial charge is 0.447 e. The molecule has 1 atom stereocenters. The van der Waals surface area contributed by atoms with Crippen LogP contribution in [0.1, 0.15) is 32.1 Å². The van der Waals surface area contributed by atoms with Crippen molar-refractivity contribution in [3.8, 4) is 0 Å². The number of amides is 2. The van der Waals surface area contributed by atoms with E-state index in [2.05, 4.69) is 11.4 Å². The summed E-state index contributed by atoms with van der Waals surface area (Å²) < 4.78 is 4.81. The molecule has 2 aliphatic rings. The van der Waals surface area contributed by atoms with E-state index in [1.54, 1.807) is 7.05 Å². The van der Waals surface area contributed by atoms with E-state index in [-0.39, 0.29) is 12.5 Å². The predicted octanol–water partition coefficient (Wildman–Crippen LogP) is 1.44. The Bertz CT molecular complexity index is 365. The Balaban J connectivity index is 1.72. The van der Waals surface area contributed by atoms with Crippen molar-refractivity contribution in [3.63, 3.8) is 0 Å². The maximum Gasteiger partial charge on any atom is 0.410 e. The van der Waals surface area contributed by atoms with E-state index in [1.807, 2.05) is 0 Å². The minimum atomic E-state index is -0.474. The number of rotatable bonds is 4. The molecule has 2 rings (SSSR count). The van der Waals surface area contributed by atoms with Crippen LogP contribution < -0.4 is 5.32 Å². The van der Waals surface area contributed by atoms with Crippen molar-refractivity contribution in [1.29, 1.82) is 0 Å². The Morgan fingerprint density at radius 2 is 2.39 bits per heavy atom. The molecule has 0 spiro atoms. The molecule has 0 aromatic heterocycles. The zero-order valence-electron chi connectivity index (χ0n) is 10.8. The van der Waals surface area contributed by atoms with Gasteiger partial charge in [0.05, 0.1) is 0 Å². The highest BCUT2D eigenvalue weighted by molar-refractivity contribution is 5.87. The molecule has 0 saturated carbocycles. The third kappa shape index (κ3) is 3.03. The molecule has 1 aliphatic carbocycles. The second kappa shape index (κ2) is 5.89. The summed E-state index contributed by atoms with van der Waals surface area (Å²) in [5.41, 5.74) is 1.44. The van der Waals surface area contributed by atoms with Crippen LogP contribution in [0.5, 0.6) is 0 Å². The fourth-order valence-electron chi connectivity index (χ4n) is 2.34. The number of likely N-dealkylation sites (N-methyl/N-ethyl adjacent to an activating group) is 1. The third-order valence-electron chi connectivity index (χ3n) is 3.55. The molecule has 1 unspecified atom stereocenters. The maximum absolute atomic E-state index is 11.8. The highest BCUT2D eigenvalue weighted by atomic mass is 16.6. The van der Waals surface area contributed by atoms with Crippen LogP contribution in [0.3, 0.4) is 0 Å². The number of nitrogens with one attached hydrogen (secondary N) is 1. The van der Waals surface area contributed by atoms with Crippen molar-refractivity contribution in [1.82, 2.24) is 10.2 Å². The summed E-state index contributed by atoms with van der Waals surface area (Å²) in [5, 5.41) is 2.87. The van der Waals surface area contributed by atoms with Crippen molar-refractivity contribution >= 4 is 12.0 Å². The second-order valence-corrected chi connectivity index (χ2v) is 4.85. The van der Waals surface area contributed by atoms with Crippen LogP contribution in [0, 0.1) is 0 Å². The third-order valence-corrected chi connectivity index (χ3v) is 3.55. The second-order valence-electron chi connectivity index (χ2n) is 4.85. The lowest BCUT2D eigenvalue weighted by Gasteiger charge is -2.17. The molecule has 1 N–H and O–H groups in total. The number of cyclic esters (lactones) is 1. The van der Waals surface area contributed by atoms with E-state index in [1.165, 1.54) is 23.3 Å². The highest BCUT2D eigenvalue weighted by Crippen LogP contribution is 2.19. The molecule has 18 heavy (non-hydrogen) atoms. The highest BCUT2D eigenvalue weighted by Gasteiger charge is 2.34. The van der Waals surface area contributed by atoms with Gasteiger partial charge >= 0.3 is 6.09 Å². The van der Waals surface area contributed by atoms with Crippen LogP contribution in [0.25, 0.3) is 0 Å². The maximum atomic E-state index is 11.8. The molecule has 0 radical (unpaired) electrons. The summed E-state index contributed by atoms with van der Waals surface area (Å²) in [7, 11) is 1.59. The van der Waals surface area contributed by atoms with E-state index < -0.39 is 12.1 Å². The summed E-state index contributed by atoms with van der Waals surface area (Å²) in [6.45, 7) is 0.799. The van der Waals surface area contributed by atoms with Gasteiger partial charge in [-0.2, -0.15) is 0 Å². The van der Waals surface area contributed by atoms with E-state index >= 15 is 0 Å². The number of ether oxygens (including phenoxy) is 1. The first-order valence-electron chi connectivity index (χ1n) is 6.53. The molecular formula is C13H20N2O3. The Morgan fingerprint density at radius 1 is 1.56 bits per heavy atom. The van der Waals surface area contributed by atoms with Crippen LogP contribution in [0.15, 0.2) is 11.6 Å². The fourth-order valence-corrected chi connectivity index (χ4v) is 2.34. The fraction of sp³-hybridized carbons (Fsp3) is 0.692. The lowest BCUT2D eigenvalue weighted by molar-refractivity contribution is -0.124. The normalized spacial score (nSPS) is 23.6. The van der Waals surface area contributed by atoms with Gasteiger partial charge in [0.2, 0.25) is 5.91 Å². The van der Waals surface area contributed by atoms with Gasteiger partial charge in [0.25, 0.3) is 0 Å². The topological polar surface area (TPSA) is 58.6 Å². The zero-order valence-corrected chi connectivity index (χ0v) is 10.8. The number of nitrogens with zero attached hydrogens (tertiary/aromatic N) is 1. The minimum absolute atomic E-state index is 0.125. The van der Waals surface area contributed by atoms with Gasteiger partial charge in [0, 0.05) is 13.6 Å². The summed E-state index contributed by atoms with van der Waals surface area (Å²) in [4.78, 5) is 24.3. The molecular weight excluding hydrogens is 232 g/mol. The molecule has 2 amide bonds. The number of carbonyl (C=O) groups is 2. The van der Waals surface area contributed by atoms with Gasteiger partial charge in [-0.05, 0) is 32.1 Å². The first-order chi connectivity index (χ1) is 8.68. The van der Waals surface area contributed by atoms with Crippen LogP contribution in [-0.2, 0) is 9.53 Å². The van der Waals surface area contributed by atoms with E-state index in [9.17, 15) is 9.59 Å². The first kappa shape index (κ1) is 12.9. The van der Waals surface area contributed by atoms with Gasteiger partial charge in [0.15, 0.2) is 0 Å². The molecule has 1 fully saturated rings. The van der Waals surface area contributed by atoms with Crippen molar-refractivity contribution in [2.75, 3.05) is 20.2 Å². The molecule has 5 nitrogen and oxygen atoms in total. The van der Waals surface area contributed by atoms with Gasteiger partial charge in [0.1, 0.15) is 12.6 Å². The van der Waals surface area contributed by atoms with Gasteiger partial charge in [-0.3, -0.25) is 9.69 Å². The van der Waals surface area contributed by atoms with Crippen molar-refractivity contribution in [2.24, 2.45) is 0 Å². The SMILES string of the molecule is CN1C(=O)OCC1C(=O)NCCC1=CCCCC1. The molecule has 5 heteroatoms. The number of hydrogen-bond acceptors (Lipinski definition) is 3. The Labute approximate surface area is 107 Å². The quantitative estimate of drug-likeness (QED) is 0.770. The van der Waals surface area contributed by atoms with Gasteiger partial charge in [-0.15, -0.1) is 0 Å². The summed E-state index contributed by atoms with van der Waals surface area (Å²) in [6, 6.07) is -0.474. The van der Waals surface area contributed by atoms with Crippen LogP contribution in [0.4, 0.5) is 4.79 Å². The van der Waals surface area contributed by atoms with E-state index in [0.29, 0.717) is 6.54 Å². The summed E-state index contributed by atoms with van der Waals surface area (Å²) in [6.07, 6.45) is 7.62. The van der Waals surface area contributed by atoms with Crippen molar-refractivity contribution < 1.29 is 14.3 Å². The first-order valence-corrected chi connectivity index (χ1v) is 6.53. The van der Waals surface area contributed by atoms with Crippen LogP contribution >= 0.6 is 0 Å². The summed E-state index contributed by atoms with van der Waals surface area (Å²) in [5.74, 6) is -0.125. The average Bonchev–Trinajstić information content (AvgIpc) is 2.71. The summed E-state index contributed by atoms with van der Waals surface area (Å²) >= 11 is 0. The van der Waals surface area contributed by atoms with Crippen LogP contribution in [-0.4, -0.2) is 43.1 Å². The standard InChI is InChI=1S/C13H20N2O3/c1-15-11(9-18-13(15)17)12(16)14-8-7-10-5-3-2-4-6-10/h5,11H,2-4,6-9H2,1H3,(H,14,16). The Morgan fingerprint density at radius 3 is 3.00 bits per heavy atom. The Hall–Kier alpha value is -1.52. The Kier molecular flexibility index (Phi) is 4.23. The lowest BCUT2D eigenvalue weighted by Crippen LogP contribution is -2.44. The zero-order chi connectivity index (χ0) is 13.0. The number of carbonyl (C=O) groups excluding carboxylic acids is 2.